The van der Waals surface area contributed by atoms with E-state index < -0.39 is 0 Å². The summed E-state index contributed by atoms with van der Waals surface area (Å²) in [6, 6.07) is 8.19. The molecule has 0 aliphatic carbocycles. The van der Waals surface area contributed by atoms with Gasteiger partial charge in [-0.1, -0.05) is 32.0 Å². The molecule has 0 saturated carbocycles. The van der Waals surface area contributed by atoms with Crippen molar-refractivity contribution in [3.63, 3.8) is 0 Å². The maximum absolute atomic E-state index is 11.9. The van der Waals surface area contributed by atoms with Gasteiger partial charge in [-0.15, -0.1) is 0 Å². The first kappa shape index (κ1) is 13.1. The van der Waals surface area contributed by atoms with Crippen molar-refractivity contribution >= 4 is 11.6 Å². The zero-order chi connectivity index (χ0) is 13.1. The molecular formula is C14H21N3O. The van der Waals surface area contributed by atoms with E-state index in [-0.39, 0.29) is 11.9 Å². The highest BCUT2D eigenvalue weighted by molar-refractivity contribution is 5.93. The van der Waals surface area contributed by atoms with Crippen LogP contribution in [0.4, 0.5) is 5.69 Å². The van der Waals surface area contributed by atoms with Crippen LogP contribution in [-0.4, -0.2) is 36.5 Å². The fraction of sp³-hybridized carbons (Fsp3) is 0.500. The SMILES string of the molecule is CC(C)c1ccccc1NC(=O)CN1CC(N)C1. The van der Waals surface area contributed by atoms with Gasteiger partial charge in [0.05, 0.1) is 6.54 Å². The number of carbonyl (C=O) groups is 1. The Hall–Kier alpha value is -1.39. The highest BCUT2D eigenvalue weighted by atomic mass is 16.2. The van der Waals surface area contributed by atoms with Crippen LogP contribution >= 0.6 is 0 Å². The van der Waals surface area contributed by atoms with Crippen molar-refractivity contribution in [2.75, 3.05) is 25.0 Å². The Bertz CT molecular complexity index is 425. The molecule has 0 radical (unpaired) electrons. The number of para-hydroxylation sites is 1. The number of hydrogen-bond donors (Lipinski definition) is 2. The van der Waals surface area contributed by atoms with Crippen LogP contribution in [0.1, 0.15) is 25.3 Å². The molecular weight excluding hydrogens is 226 g/mol. The Labute approximate surface area is 108 Å². The summed E-state index contributed by atoms with van der Waals surface area (Å²) in [5, 5.41) is 2.98. The van der Waals surface area contributed by atoms with E-state index in [0.717, 1.165) is 18.8 Å². The van der Waals surface area contributed by atoms with E-state index in [0.29, 0.717) is 12.5 Å². The lowest BCUT2D eigenvalue weighted by atomic mass is 10.0. The molecule has 4 heteroatoms. The molecule has 3 N–H and O–H groups in total. The van der Waals surface area contributed by atoms with Crippen LogP contribution in [-0.2, 0) is 4.79 Å². The van der Waals surface area contributed by atoms with Crippen LogP contribution in [0.5, 0.6) is 0 Å². The third kappa shape index (κ3) is 3.09. The van der Waals surface area contributed by atoms with E-state index in [1.54, 1.807) is 0 Å². The molecule has 1 aromatic rings. The largest absolute Gasteiger partial charge is 0.325 e. The summed E-state index contributed by atoms with van der Waals surface area (Å²) in [4.78, 5) is 14.0. The van der Waals surface area contributed by atoms with Gasteiger partial charge >= 0.3 is 0 Å². The molecule has 0 aromatic heterocycles. The minimum absolute atomic E-state index is 0.0370. The number of anilines is 1. The normalized spacial score (nSPS) is 16.7. The average molecular weight is 247 g/mol. The van der Waals surface area contributed by atoms with Gasteiger partial charge in [-0.2, -0.15) is 0 Å². The zero-order valence-electron chi connectivity index (χ0n) is 11.0. The molecule has 1 fully saturated rings. The van der Waals surface area contributed by atoms with Crippen LogP contribution in [0, 0.1) is 0 Å². The molecule has 1 aromatic carbocycles. The Balaban J connectivity index is 1.94. The standard InChI is InChI=1S/C14H21N3O/c1-10(2)12-5-3-4-6-13(12)16-14(18)9-17-7-11(15)8-17/h3-6,10-11H,7-9,15H2,1-2H3,(H,16,18). The van der Waals surface area contributed by atoms with Gasteiger partial charge in [0.25, 0.3) is 0 Å². The van der Waals surface area contributed by atoms with E-state index in [9.17, 15) is 4.79 Å². The third-order valence-corrected chi connectivity index (χ3v) is 3.21. The monoisotopic (exact) mass is 247 g/mol. The topological polar surface area (TPSA) is 58.4 Å². The van der Waals surface area contributed by atoms with E-state index in [2.05, 4.69) is 30.1 Å². The molecule has 1 heterocycles. The van der Waals surface area contributed by atoms with Crippen molar-refractivity contribution in [2.24, 2.45) is 5.73 Å². The maximum atomic E-state index is 11.9. The number of rotatable bonds is 4. The fourth-order valence-electron chi connectivity index (χ4n) is 2.25. The van der Waals surface area contributed by atoms with Gasteiger partial charge in [0.2, 0.25) is 5.91 Å². The van der Waals surface area contributed by atoms with E-state index in [1.165, 1.54) is 5.56 Å². The van der Waals surface area contributed by atoms with Gasteiger partial charge < -0.3 is 11.1 Å². The van der Waals surface area contributed by atoms with Crippen molar-refractivity contribution in [1.29, 1.82) is 0 Å². The molecule has 1 aliphatic heterocycles. The molecule has 4 nitrogen and oxygen atoms in total. The predicted molar refractivity (Wildman–Crippen MR) is 73.6 cm³/mol. The second kappa shape index (κ2) is 5.50. The minimum atomic E-state index is 0.0370. The number of carbonyl (C=O) groups excluding carboxylic acids is 1. The summed E-state index contributed by atoms with van der Waals surface area (Å²) in [5.74, 6) is 0.439. The summed E-state index contributed by atoms with van der Waals surface area (Å²) < 4.78 is 0. The molecule has 0 bridgehead atoms. The number of nitrogens with two attached hydrogens (primary N) is 1. The summed E-state index contributed by atoms with van der Waals surface area (Å²) >= 11 is 0. The smallest absolute Gasteiger partial charge is 0.238 e. The number of hydrogen-bond acceptors (Lipinski definition) is 3. The van der Waals surface area contributed by atoms with Gasteiger partial charge in [-0.25, -0.2) is 0 Å². The molecule has 0 unspecified atom stereocenters. The molecule has 1 saturated heterocycles. The molecule has 18 heavy (non-hydrogen) atoms. The van der Waals surface area contributed by atoms with Gasteiger partial charge in [0.15, 0.2) is 0 Å². The Morgan fingerprint density at radius 1 is 1.44 bits per heavy atom. The first-order valence-electron chi connectivity index (χ1n) is 6.43. The summed E-state index contributed by atoms with van der Waals surface area (Å²) in [7, 11) is 0. The summed E-state index contributed by atoms with van der Waals surface area (Å²) in [6.45, 7) is 6.32. The lowest BCUT2D eigenvalue weighted by molar-refractivity contribution is -0.118. The molecule has 2 rings (SSSR count). The van der Waals surface area contributed by atoms with Gasteiger partial charge in [-0.05, 0) is 17.5 Å². The minimum Gasteiger partial charge on any atom is -0.325 e. The summed E-state index contributed by atoms with van der Waals surface area (Å²) in [6.07, 6.45) is 0. The second-order valence-corrected chi connectivity index (χ2v) is 5.24. The van der Waals surface area contributed by atoms with Crippen molar-refractivity contribution < 1.29 is 4.79 Å². The first-order valence-corrected chi connectivity index (χ1v) is 6.43. The second-order valence-electron chi connectivity index (χ2n) is 5.24. The number of benzene rings is 1. The number of amides is 1. The van der Waals surface area contributed by atoms with Crippen molar-refractivity contribution in [3.8, 4) is 0 Å². The third-order valence-electron chi connectivity index (χ3n) is 3.21. The maximum Gasteiger partial charge on any atom is 0.238 e. The zero-order valence-corrected chi connectivity index (χ0v) is 11.0. The van der Waals surface area contributed by atoms with Crippen LogP contribution in [0.2, 0.25) is 0 Å². The first-order chi connectivity index (χ1) is 8.56. The average Bonchev–Trinajstić information content (AvgIpc) is 2.27. The van der Waals surface area contributed by atoms with E-state index in [1.807, 2.05) is 18.2 Å². The molecule has 0 spiro atoms. The molecule has 0 atom stereocenters. The quantitative estimate of drug-likeness (QED) is 0.845. The molecule has 98 valence electrons. The number of nitrogens with one attached hydrogen (secondary N) is 1. The number of nitrogens with zero attached hydrogens (tertiary/aromatic N) is 1. The fourth-order valence-corrected chi connectivity index (χ4v) is 2.25. The van der Waals surface area contributed by atoms with E-state index >= 15 is 0 Å². The highest BCUT2D eigenvalue weighted by Gasteiger charge is 2.24. The highest BCUT2D eigenvalue weighted by Crippen LogP contribution is 2.23. The Morgan fingerprint density at radius 3 is 2.72 bits per heavy atom. The van der Waals surface area contributed by atoms with Crippen molar-refractivity contribution in [1.82, 2.24) is 4.90 Å². The van der Waals surface area contributed by atoms with Crippen molar-refractivity contribution in [3.05, 3.63) is 29.8 Å². The predicted octanol–water partition coefficient (Wildman–Crippen LogP) is 1.39. The molecule has 1 amide bonds. The molecule has 1 aliphatic rings. The van der Waals surface area contributed by atoms with Gasteiger partial charge in [-0.3, -0.25) is 9.69 Å². The lowest BCUT2D eigenvalue weighted by Crippen LogP contribution is -2.57. The lowest BCUT2D eigenvalue weighted by Gasteiger charge is -2.36. The Morgan fingerprint density at radius 2 is 2.11 bits per heavy atom. The van der Waals surface area contributed by atoms with Gasteiger partial charge in [0.1, 0.15) is 0 Å². The van der Waals surface area contributed by atoms with Crippen LogP contribution in [0.3, 0.4) is 0 Å². The van der Waals surface area contributed by atoms with Crippen LogP contribution in [0.15, 0.2) is 24.3 Å². The van der Waals surface area contributed by atoms with Gasteiger partial charge in [0, 0.05) is 24.8 Å². The van der Waals surface area contributed by atoms with Crippen molar-refractivity contribution in [2.45, 2.75) is 25.8 Å². The number of likely N-dealkylation sites (tertiary alicyclic amines) is 1. The Kier molecular flexibility index (Phi) is 3.99. The summed E-state index contributed by atoms with van der Waals surface area (Å²) in [5.41, 5.74) is 7.78. The van der Waals surface area contributed by atoms with Crippen LogP contribution in [0.25, 0.3) is 0 Å². The van der Waals surface area contributed by atoms with Crippen LogP contribution < -0.4 is 11.1 Å². The van der Waals surface area contributed by atoms with E-state index in [4.69, 9.17) is 5.73 Å².